The third-order valence-electron chi connectivity index (χ3n) is 7.34. The fourth-order valence-electron chi connectivity index (χ4n) is 4.23. The van der Waals surface area contributed by atoms with Gasteiger partial charge in [-0.3, -0.25) is 10.6 Å². The minimum absolute atomic E-state index is 0.170. The molecule has 0 saturated carbocycles. The molecule has 1 aromatic carbocycles. The van der Waals surface area contributed by atoms with Gasteiger partial charge in [-0.25, -0.2) is 9.59 Å². The Morgan fingerprint density at radius 2 is 0.891 bits per heavy atom. The average Bonchev–Trinajstić information content (AvgIpc) is 3.06. The van der Waals surface area contributed by atoms with Crippen molar-refractivity contribution in [3.05, 3.63) is 30.0 Å². The molecule has 0 heterocycles. The monoisotopic (exact) mass is 838 g/mol. The van der Waals surface area contributed by atoms with Crippen molar-refractivity contribution in [3.63, 3.8) is 0 Å². The Hall–Kier alpha value is -3.89. The van der Waals surface area contributed by atoms with Gasteiger partial charge in [0.2, 0.25) is 5.83 Å². The van der Waals surface area contributed by atoms with Crippen molar-refractivity contribution >= 4 is 23.6 Å². The fraction of sp³-hybridized carbons (Fsp3) is 0.677. The van der Waals surface area contributed by atoms with E-state index in [2.05, 4.69) is 4.74 Å². The number of halogens is 17. The molecule has 7 nitrogen and oxygen atoms in total. The van der Waals surface area contributed by atoms with E-state index in [1.807, 2.05) is 24.5 Å². The van der Waals surface area contributed by atoms with Crippen molar-refractivity contribution in [1.82, 2.24) is 0 Å². The molecule has 0 fully saturated rings. The standard InChI is InChI=1S/C31H35F17N2O5/c1-3-5-7-9-11-13-53-23(51)49-18-15-19(50-24(52)54-14-12-10-8-6-4-2)17-20(16-18)55-22(33)21(32)25(34,35)26(36,37)27(38,39)28(40,41)29(42,43)30(44,45)31(46,47)48/h15-17H,3-14H2,1-2H3,(H,49,51)(H,50,52). The first-order valence-electron chi connectivity index (χ1n) is 16.2. The SMILES string of the molecule is CCCCCCCOC(=O)Nc1cc(NC(=O)OCCCCCCC)cc(OC(F)=C(F)C(F)(F)C(F)(F)C(F)(F)C(F)(F)C(F)(F)C(F)(F)C(F)(F)F)c1. The topological polar surface area (TPSA) is 85.9 Å². The van der Waals surface area contributed by atoms with E-state index < -0.39 is 82.9 Å². The third-order valence-corrected chi connectivity index (χ3v) is 7.34. The number of allylic oxidation sites excluding steroid dienone is 1. The Morgan fingerprint density at radius 1 is 0.527 bits per heavy atom. The van der Waals surface area contributed by atoms with Crippen LogP contribution in [0.3, 0.4) is 0 Å². The van der Waals surface area contributed by atoms with Gasteiger partial charge >= 0.3 is 59.9 Å². The smallest absolute Gasteiger partial charge is 0.449 e. The second-order valence-electron chi connectivity index (χ2n) is 11.7. The highest BCUT2D eigenvalue weighted by molar-refractivity contribution is 5.89. The van der Waals surface area contributed by atoms with E-state index >= 15 is 0 Å². The molecule has 0 radical (unpaired) electrons. The molecule has 0 aliphatic heterocycles. The lowest BCUT2D eigenvalue weighted by molar-refractivity contribution is -0.451. The number of hydrogen-bond donors (Lipinski definition) is 2. The Bertz CT molecular complexity index is 1400. The van der Waals surface area contributed by atoms with Gasteiger partial charge in [0.05, 0.1) is 13.2 Å². The summed E-state index contributed by atoms with van der Waals surface area (Å²) in [6.45, 7) is 3.52. The minimum Gasteiger partial charge on any atom is -0.449 e. The lowest BCUT2D eigenvalue weighted by atomic mass is 9.91. The first-order valence-corrected chi connectivity index (χ1v) is 16.2. The van der Waals surface area contributed by atoms with Crippen LogP contribution >= 0.6 is 0 Å². The van der Waals surface area contributed by atoms with Crippen LogP contribution in [0.1, 0.15) is 78.1 Å². The number of hydrogen-bond acceptors (Lipinski definition) is 5. The number of amides is 2. The third kappa shape index (κ3) is 11.6. The summed E-state index contributed by atoms with van der Waals surface area (Å²) in [4.78, 5) is 24.4. The van der Waals surface area contributed by atoms with Gasteiger partial charge in [0.15, 0.2) is 0 Å². The van der Waals surface area contributed by atoms with Crippen LogP contribution < -0.4 is 15.4 Å². The van der Waals surface area contributed by atoms with Gasteiger partial charge in [0.1, 0.15) is 5.75 Å². The van der Waals surface area contributed by atoms with Crippen LogP contribution in [-0.2, 0) is 9.47 Å². The van der Waals surface area contributed by atoms with Gasteiger partial charge in [-0.15, -0.1) is 0 Å². The summed E-state index contributed by atoms with van der Waals surface area (Å²) in [5.74, 6) is -56.4. The summed E-state index contributed by atoms with van der Waals surface area (Å²) in [6.07, 6.45) is -3.30. The Balaban J connectivity index is 3.49. The van der Waals surface area contributed by atoms with Gasteiger partial charge in [-0.1, -0.05) is 65.2 Å². The summed E-state index contributed by atoms with van der Waals surface area (Å²) in [7, 11) is 0. The van der Waals surface area contributed by atoms with Gasteiger partial charge in [0, 0.05) is 23.5 Å². The number of ether oxygens (including phenoxy) is 3. The highest BCUT2D eigenvalue weighted by atomic mass is 19.4. The summed E-state index contributed by atoms with van der Waals surface area (Å²) in [6, 6.07) is -2.15. The number of unbranched alkanes of at least 4 members (excludes halogenated alkanes) is 8. The first-order chi connectivity index (χ1) is 25.1. The second-order valence-corrected chi connectivity index (χ2v) is 11.7. The zero-order valence-corrected chi connectivity index (χ0v) is 28.7. The second kappa shape index (κ2) is 19.3. The number of carbonyl (C=O) groups is 2. The van der Waals surface area contributed by atoms with Crippen molar-refractivity contribution in [2.75, 3.05) is 23.8 Å². The fourth-order valence-corrected chi connectivity index (χ4v) is 4.23. The summed E-state index contributed by atoms with van der Waals surface area (Å²) >= 11 is 0. The molecule has 0 aliphatic rings. The lowest BCUT2D eigenvalue weighted by Gasteiger charge is -2.41. The van der Waals surface area contributed by atoms with E-state index in [1.54, 1.807) is 0 Å². The van der Waals surface area contributed by atoms with E-state index in [1.165, 1.54) is 0 Å². The van der Waals surface area contributed by atoms with Crippen LogP contribution in [0.15, 0.2) is 30.0 Å². The number of nitrogens with one attached hydrogen (secondary N) is 2. The van der Waals surface area contributed by atoms with Crippen LogP contribution in [0.4, 0.5) is 95.6 Å². The van der Waals surface area contributed by atoms with Crippen molar-refractivity contribution in [2.24, 2.45) is 0 Å². The molecular weight excluding hydrogens is 803 g/mol. The molecule has 0 aromatic heterocycles. The van der Waals surface area contributed by atoms with Gasteiger partial charge in [-0.05, 0) is 18.9 Å². The highest BCUT2D eigenvalue weighted by Crippen LogP contribution is 2.63. The molecule has 0 atom stereocenters. The molecule has 0 spiro atoms. The number of benzene rings is 1. The largest absolute Gasteiger partial charge is 0.460 e. The van der Waals surface area contributed by atoms with Crippen LogP contribution in [0, 0.1) is 0 Å². The van der Waals surface area contributed by atoms with Crippen molar-refractivity contribution in [1.29, 1.82) is 0 Å². The number of carbonyl (C=O) groups excluding carboxylic acids is 2. The number of alkyl halides is 15. The molecule has 318 valence electrons. The summed E-state index contributed by atoms with van der Waals surface area (Å²) in [5, 5.41) is 3.94. The molecule has 24 heteroatoms. The van der Waals surface area contributed by atoms with E-state index in [9.17, 15) is 84.2 Å². The maximum Gasteiger partial charge on any atom is 0.460 e. The summed E-state index contributed by atoms with van der Waals surface area (Å²) in [5.41, 5.74) is -1.26. The molecule has 55 heavy (non-hydrogen) atoms. The van der Waals surface area contributed by atoms with E-state index in [0.29, 0.717) is 37.8 Å². The van der Waals surface area contributed by atoms with Crippen LogP contribution in [0.2, 0.25) is 0 Å². The number of anilines is 2. The van der Waals surface area contributed by atoms with Crippen LogP contribution in [-0.4, -0.2) is 67.1 Å². The minimum atomic E-state index is -8.74. The van der Waals surface area contributed by atoms with E-state index in [0.717, 1.165) is 44.6 Å². The number of rotatable bonds is 22. The molecule has 0 aliphatic carbocycles. The van der Waals surface area contributed by atoms with Gasteiger partial charge in [-0.2, -0.15) is 74.6 Å². The first kappa shape index (κ1) is 49.1. The predicted molar refractivity (Wildman–Crippen MR) is 160 cm³/mol. The Kier molecular flexibility index (Phi) is 17.2. The highest BCUT2D eigenvalue weighted by Gasteiger charge is 2.94. The molecule has 0 bridgehead atoms. The lowest BCUT2D eigenvalue weighted by Crippen LogP contribution is -2.72. The summed E-state index contributed by atoms with van der Waals surface area (Å²) < 4.78 is 245. The van der Waals surface area contributed by atoms with Crippen LogP contribution in [0.25, 0.3) is 0 Å². The van der Waals surface area contributed by atoms with E-state index in [-0.39, 0.29) is 13.2 Å². The molecule has 0 unspecified atom stereocenters. The van der Waals surface area contributed by atoms with Gasteiger partial charge < -0.3 is 14.2 Å². The molecule has 1 rings (SSSR count). The molecule has 2 amide bonds. The normalized spacial score (nSPS) is 13.9. The zero-order chi connectivity index (χ0) is 42.7. The Labute approximate surface area is 301 Å². The van der Waals surface area contributed by atoms with E-state index in [4.69, 9.17) is 9.47 Å². The van der Waals surface area contributed by atoms with Crippen molar-refractivity contribution in [3.8, 4) is 5.75 Å². The molecule has 0 saturated heterocycles. The quantitative estimate of drug-likeness (QED) is 0.0690. The maximum absolute atomic E-state index is 14.5. The van der Waals surface area contributed by atoms with Crippen molar-refractivity contribution < 1.29 is 98.4 Å². The van der Waals surface area contributed by atoms with Crippen LogP contribution in [0.5, 0.6) is 5.75 Å². The predicted octanol–water partition coefficient (Wildman–Crippen LogP) is 12.6. The molecule has 2 N–H and O–H groups in total. The molecule has 1 aromatic rings. The Morgan fingerprint density at radius 3 is 1.27 bits per heavy atom. The molecular formula is C31H35F17N2O5. The van der Waals surface area contributed by atoms with Gasteiger partial charge in [0.25, 0.3) is 0 Å². The van der Waals surface area contributed by atoms with Crippen molar-refractivity contribution in [2.45, 2.75) is 120 Å². The average molecular weight is 839 g/mol. The zero-order valence-electron chi connectivity index (χ0n) is 28.7. The maximum atomic E-state index is 14.5.